The summed E-state index contributed by atoms with van der Waals surface area (Å²) in [5.74, 6) is 0. The molecule has 5 aromatic rings. The number of pyridine rings is 1. The lowest BCUT2D eigenvalue weighted by Crippen LogP contribution is -2.23. The van der Waals surface area contributed by atoms with E-state index in [4.69, 9.17) is 0 Å². The molecular formula is C21H17N5OS. The van der Waals surface area contributed by atoms with Crippen LogP contribution in [0.1, 0.15) is 5.69 Å². The zero-order valence-electron chi connectivity index (χ0n) is 15.2. The summed E-state index contributed by atoms with van der Waals surface area (Å²) in [5.41, 5.74) is 3.68. The minimum atomic E-state index is -0.0734. The molecular weight excluding hydrogens is 370 g/mol. The topological polar surface area (TPSA) is 65.6 Å². The van der Waals surface area contributed by atoms with E-state index in [9.17, 15) is 4.79 Å². The molecule has 0 aliphatic carbocycles. The highest BCUT2D eigenvalue weighted by Gasteiger charge is 2.15. The third-order valence-electron chi connectivity index (χ3n) is 4.91. The Morgan fingerprint density at radius 3 is 2.82 bits per heavy atom. The Balaban J connectivity index is 1.50. The van der Waals surface area contributed by atoms with Crippen LogP contribution in [-0.4, -0.2) is 24.5 Å². The number of aromatic nitrogens is 5. The highest BCUT2D eigenvalue weighted by molar-refractivity contribution is 7.17. The SMILES string of the molecule is Cn1nccc1-c1csc2cnn(CCc3ccc4ccccc4n3)c(=O)c12. The van der Waals surface area contributed by atoms with Crippen molar-refractivity contribution in [3.05, 3.63) is 76.3 Å². The van der Waals surface area contributed by atoms with Gasteiger partial charge in [0.15, 0.2) is 0 Å². The summed E-state index contributed by atoms with van der Waals surface area (Å²) in [6.07, 6.45) is 4.16. The highest BCUT2D eigenvalue weighted by Crippen LogP contribution is 2.30. The van der Waals surface area contributed by atoms with Crippen LogP contribution in [0.4, 0.5) is 0 Å². The Kier molecular flexibility index (Phi) is 4.02. The fraction of sp³-hybridized carbons (Fsp3) is 0.143. The first-order valence-corrected chi connectivity index (χ1v) is 9.89. The number of rotatable bonds is 4. The molecule has 4 aromatic heterocycles. The van der Waals surface area contributed by atoms with Crippen molar-refractivity contribution in [1.82, 2.24) is 24.5 Å². The molecule has 7 heteroatoms. The van der Waals surface area contributed by atoms with E-state index < -0.39 is 0 Å². The van der Waals surface area contributed by atoms with Gasteiger partial charge >= 0.3 is 0 Å². The first kappa shape index (κ1) is 16.8. The van der Waals surface area contributed by atoms with E-state index in [1.54, 1.807) is 17.1 Å². The second kappa shape index (κ2) is 6.69. The fourth-order valence-corrected chi connectivity index (χ4v) is 4.35. The molecule has 1 aromatic carbocycles. The van der Waals surface area contributed by atoms with E-state index in [1.807, 2.05) is 48.8 Å². The molecule has 6 nitrogen and oxygen atoms in total. The van der Waals surface area contributed by atoms with Crippen LogP contribution in [0.25, 0.3) is 32.2 Å². The van der Waals surface area contributed by atoms with Crippen molar-refractivity contribution < 1.29 is 0 Å². The molecule has 0 saturated heterocycles. The summed E-state index contributed by atoms with van der Waals surface area (Å²) < 4.78 is 4.21. The van der Waals surface area contributed by atoms with Crippen molar-refractivity contribution in [1.29, 1.82) is 0 Å². The molecule has 28 heavy (non-hydrogen) atoms. The number of aryl methyl sites for hydroxylation is 3. The predicted molar refractivity (Wildman–Crippen MR) is 112 cm³/mol. The second-order valence-corrected chi connectivity index (χ2v) is 7.56. The number of hydrogen-bond donors (Lipinski definition) is 0. The summed E-state index contributed by atoms with van der Waals surface area (Å²) in [4.78, 5) is 17.8. The van der Waals surface area contributed by atoms with Gasteiger partial charge in [0.2, 0.25) is 0 Å². The largest absolute Gasteiger partial charge is 0.276 e. The lowest BCUT2D eigenvalue weighted by Gasteiger charge is -2.06. The maximum atomic E-state index is 13.1. The molecule has 0 radical (unpaired) electrons. The zero-order chi connectivity index (χ0) is 19.1. The third-order valence-corrected chi connectivity index (χ3v) is 5.83. The predicted octanol–water partition coefficient (Wildman–Crippen LogP) is 3.65. The van der Waals surface area contributed by atoms with E-state index >= 15 is 0 Å². The Morgan fingerprint density at radius 1 is 1.07 bits per heavy atom. The van der Waals surface area contributed by atoms with Crippen LogP contribution in [0, 0.1) is 0 Å². The smallest absolute Gasteiger partial charge is 0.268 e. The summed E-state index contributed by atoms with van der Waals surface area (Å²) in [5, 5.41) is 12.4. The van der Waals surface area contributed by atoms with Gasteiger partial charge in [0.1, 0.15) is 0 Å². The Labute approximate surface area is 164 Å². The van der Waals surface area contributed by atoms with Gasteiger partial charge in [0.25, 0.3) is 5.56 Å². The molecule has 0 bridgehead atoms. The third kappa shape index (κ3) is 2.80. The number of para-hydroxylation sites is 1. The normalized spacial score (nSPS) is 11.5. The van der Waals surface area contributed by atoms with Crippen LogP contribution in [0.2, 0.25) is 0 Å². The van der Waals surface area contributed by atoms with Gasteiger partial charge in [-0.05, 0) is 18.2 Å². The van der Waals surface area contributed by atoms with E-state index in [0.29, 0.717) is 18.4 Å². The van der Waals surface area contributed by atoms with Gasteiger partial charge in [-0.1, -0.05) is 24.3 Å². The molecule has 0 N–H and O–H groups in total. The van der Waals surface area contributed by atoms with Crippen molar-refractivity contribution in [2.45, 2.75) is 13.0 Å². The van der Waals surface area contributed by atoms with Crippen molar-refractivity contribution in [2.24, 2.45) is 7.05 Å². The quantitative estimate of drug-likeness (QED) is 0.472. The molecule has 0 fully saturated rings. The Bertz CT molecular complexity index is 1360. The first-order chi connectivity index (χ1) is 13.7. The van der Waals surface area contributed by atoms with Crippen LogP contribution in [0.15, 0.2) is 65.0 Å². The molecule has 138 valence electrons. The van der Waals surface area contributed by atoms with Crippen LogP contribution in [-0.2, 0) is 20.0 Å². The molecule has 0 spiro atoms. The lowest BCUT2D eigenvalue weighted by molar-refractivity contribution is 0.580. The van der Waals surface area contributed by atoms with E-state index in [0.717, 1.165) is 32.6 Å². The molecule has 0 atom stereocenters. The first-order valence-electron chi connectivity index (χ1n) is 9.01. The summed E-state index contributed by atoms with van der Waals surface area (Å²) >= 11 is 1.53. The van der Waals surface area contributed by atoms with Crippen molar-refractivity contribution in [3.8, 4) is 11.3 Å². The number of hydrogen-bond acceptors (Lipinski definition) is 5. The van der Waals surface area contributed by atoms with E-state index in [1.165, 1.54) is 16.0 Å². The molecule has 0 aliphatic rings. The number of benzene rings is 1. The van der Waals surface area contributed by atoms with Gasteiger partial charge in [-0.25, -0.2) is 4.68 Å². The molecule has 0 saturated carbocycles. The van der Waals surface area contributed by atoms with Crippen LogP contribution in [0.5, 0.6) is 0 Å². The molecule has 0 unspecified atom stereocenters. The molecule has 5 rings (SSSR count). The second-order valence-electron chi connectivity index (χ2n) is 6.65. The number of nitrogens with zero attached hydrogens (tertiary/aromatic N) is 5. The van der Waals surface area contributed by atoms with Crippen LogP contribution < -0.4 is 5.56 Å². The van der Waals surface area contributed by atoms with E-state index in [2.05, 4.69) is 21.2 Å². The van der Waals surface area contributed by atoms with Gasteiger partial charge in [-0.3, -0.25) is 14.5 Å². The standard InChI is InChI=1S/C21H17N5OS/c1-25-18(8-10-22-25)16-13-28-19-12-23-26(21(27)20(16)19)11-9-15-7-6-14-4-2-3-5-17(14)24-15/h2-8,10,12-13H,9,11H2,1H3. The minimum Gasteiger partial charge on any atom is -0.268 e. The summed E-state index contributed by atoms with van der Waals surface area (Å²) in [7, 11) is 1.88. The highest BCUT2D eigenvalue weighted by atomic mass is 32.1. The van der Waals surface area contributed by atoms with Crippen LogP contribution >= 0.6 is 11.3 Å². The van der Waals surface area contributed by atoms with Crippen LogP contribution in [0.3, 0.4) is 0 Å². The number of fused-ring (bicyclic) bond motifs is 2. The Hall–Kier alpha value is -3.32. The van der Waals surface area contributed by atoms with Gasteiger partial charge in [0, 0.05) is 41.7 Å². The number of thiophene rings is 1. The summed E-state index contributed by atoms with van der Waals surface area (Å²) in [6, 6.07) is 14.0. The molecule has 0 amide bonds. The average molecular weight is 387 g/mol. The molecule has 0 aliphatic heterocycles. The monoisotopic (exact) mass is 387 g/mol. The van der Waals surface area contributed by atoms with Gasteiger partial charge in [0.05, 0.1) is 34.0 Å². The lowest BCUT2D eigenvalue weighted by atomic mass is 10.1. The van der Waals surface area contributed by atoms with Gasteiger partial charge in [-0.15, -0.1) is 11.3 Å². The van der Waals surface area contributed by atoms with Crippen molar-refractivity contribution in [3.63, 3.8) is 0 Å². The van der Waals surface area contributed by atoms with Gasteiger partial charge < -0.3 is 0 Å². The zero-order valence-corrected chi connectivity index (χ0v) is 16.1. The molecule has 4 heterocycles. The van der Waals surface area contributed by atoms with Crippen molar-refractivity contribution in [2.75, 3.05) is 0 Å². The average Bonchev–Trinajstić information content (AvgIpc) is 3.33. The van der Waals surface area contributed by atoms with Crippen molar-refractivity contribution >= 4 is 32.3 Å². The minimum absolute atomic E-state index is 0.0734. The summed E-state index contributed by atoms with van der Waals surface area (Å²) in [6.45, 7) is 0.487. The van der Waals surface area contributed by atoms with Gasteiger partial charge in [-0.2, -0.15) is 10.2 Å². The fourth-order valence-electron chi connectivity index (χ4n) is 3.45. The Morgan fingerprint density at radius 2 is 1.96 bits per heavy atom. The van der Waals surface area contributed by atoms with E-state index in [-0.39, 0.29) is 5.56 Å². The maximum absolute atomic E-state index is 13.1. The maximum Gasteiger partial charge on any atom is 0.276 e.